The zero-order chi connectivity index (χ0) is 12.4. The number of hydrogen-bond acceptors (Lipinski definition) is 3. The number of aromatic nitrogens is 3. The molecule has 2 rings (SSSR count). The summed E-state index contributed by atoms with van der Waals surface area (Å²) in [5.41, 5.74) is 1.32. The van der Waals surface area contributed by atoms with Crippen molar-refractivity contribution in [2.45, 2.75) is 6.92 Å². The first kappa shape index (κ1) is 11.7. The van der Waals surface area contributed by atoms with Crippen molar-refractivity contribution < 1.29 is 9.18 Å². The summed E-state index contributed by atoms with van der Waals surface area (Å²) in [4.78, 5) is 11.7. The summed E-state index contributed by atoms with van der Waals surface area (Å²) in [7, 11) is 0. The average molecular weight is 299 g/mol. The smallest absolute Gasteiger partial charge is 0.277 e. The second-order valence-corrected chi connectivity index (χ2v) is 4.24. The Hall–Kier alpha value is -1.76. The highest BCUT2D eigenvalue weighted by atomic mass is 79.9. The van der Waals surface area contributed by atoms with Gasteiger partial charge in [-0.15, -0.1) is 0 Å². The Morgan fingerprint density at radius 1 is 1.53 bits per heavy atom. The lowest BCUT2D eigenvalue weighted by molar-refractivity contribution is 0.102. The van der Waals surface area contributed by atoms with E-state index in [9.17, 15) is 9.18 Å². The lowest BCUT2D eigenvalue weighted by atomic mass is 10.2. The monoisotopic (exact) mass is 298 g/mol. The van der Waals surface area contributed by atoms with Crippen molar-refractivity contribution >= 4 is 27.5 Å². The predicted molar refractivity (Wildman–Crippen MR) is 63.2 cm³/mol. The van der Waals surface area contributed by atoms with Crippen LogP contribution in [0.4, 0.5) is 10.1 Å². The van der Waals surface area contributed by atoms with Gasteiger partial charge in [-0.3, -0.25) is 4.79 Å². The third-order valence-electron chi connectivity index (χ3n) is 2.16. The molecule has 17 heavy (non-hydrogen) atoms. The normalized spacial score (nSPS) is 10.3. The highest BCUT2D eigenvalue weighted by Gasteiger charge is 2.12. The fourth-order valence-corrected chi connectivity index (χ4v) is 1.62. The van der Waals surface area contributed by atoms with E-state index in [1.165, 1.54) is 18.3 Å². The number of hydrogen-bond donors (Lipinski definition) is 2. The number of nitrogens with one attached hydrogen (secondary N) is 2. The van der Waals surface area contributed by atoms with Crippen LogP contribution in [-0.2, 0) is 0 Å². The van der Waals surface area contributed by atoms with Gasteiger partial charge >= 0.3 is 0 Å². The van der Waals surface area contributed by atoms with Crippen LogP contribution in [0.15, 0.2) is 22.8 Å². The van der Waals surface area contributed by atoms with E-state index in [1.54, 1.807) is 6.92 Å². The van der Waals surface area contributed by atoms with Crippen LogP contribution in [0.2, 0.25) is 0 Å². The largest absolute Gasteiger partial charge is 0.320 e. The van der Waals surface area contributed by atoms with Crippen LogP contribution in [0.3, 0.4) is 0 Å². The number of benzene rings is 1. The number of H-pyrrole nitrogens is 1. The van der Waals surface area contributed by atoms with E-state index in [0.29, 0.717) is 15.7 Å². The molecule has 0 radical (unpaired) electrons. The van der Waals surface area contributed by atoms with E-state index in [2.05, 4.69) is 36.7 Å². The summed E-state index contributed by atoms with van der Waals surface area (Å²) in [6.45, 7) is 1.70. The molecule has 7 heteroatoms. The Morgan fingerprint density at radius 2 is 2.29 bits per heavy atom. The fraction of sp³-hybridized carbons (Fsp3) is 0.100. The van der Waals surface area contributed by atoms with Crippen molar-refractivity contribution in [3.63, 3.8) is 0 Å². The van der Waals surface area contributed by atoms with E-state index < -0.39 is 5.91 Å². The molecule has 2 N–H and O–H groups in total. The van der Waals surface area contributed by atoms with Crippen molar-refractivity contribution in [2.24, 2.45) is 0 Å². The van der Waals surface area contributed by atoms with Gasteiger partial charge in [0, 0.05) is 5.69 Å². The zero-order valence-corrected chi connectivity index (χ0v) is 10.4. The highest BCUT2D eigenvalue weighted by molar-refractivity contribution is 9.10. The molecule has 0 saturated carbocycles. The lowest BCUT2D eigenvalue weighted by Gasteiger charge is -2.08. The minimum absolute atomic E-state index is 0.171. The Kier molecular flexibility index (Phi) is 3.19. The number of anilines is 1. The van der Waals surface area contributed by atoms with Gasteiger partial charge in [-0.2, -0.15) is 15.4 Å². The predicted octanol–water partition coefficient (Wildman–Crippen LogP) is 2.27. The van der Waals surface area contributed by atoms with Crippen LogP contribution >= 0.6 is 15.9 Å². The second-order valence-electron chi connectivity index (χ2n) is 3.39. The Balaban J connectivity index is 2.25. The maximum absolute atomic E-state index is 13.2. The minimum Gasteiger partial charge on any atom is -0.320 e. The molecule has 0 atom stereocenters. The van der Waals surface area contributed by atoms with E-state index in [4.69, 9.17) is 0 Å². The van der Waals surface area contributed by atoms with Crippen molar-refractivity contribution in [2.75, 3.05) is 5.32 Å². The van der Waals surface area contributed by atoms with Gasteiger partial charge in [-0.1, -0.05) is 0 Å². The molecule has 0 aliphatic carbocycles. The third kappa shape index (κ3) is 2.50. The number of nitrogens with zero attached hydrogens (tertiary/aromatic N) is 2. The van der Waals surface area contributed by atoms with Gasteiger partial charge in [0.25, 0.3) is 5.91 Å². The molecule has 0 unspecified atom stereocenters. The molecular weight excluding hydrogens is 291 g/mol. The third-order valence-corrected chi connectivity index (χ3v) is 2.77. The van der Waals surface area contributed by atoms with Crippen LogP contribution < -0.4 is 5.32 Å². The Bertz CT molecular complexity index is 556. The molecule has 1 aromatic heterocycles. The molecule has 0 bridgehead atoms. The van der Waals surface area contributed by atoms with E-state index in [1.807, 2.05) is 0 Å². The van der Waals surface area contributed by atoms with Crippen molar-refractivity contribution in [3.8, 4) is 0 Å². The molecule has 1 heterocycles. The van der Waals surface area contributed by atoms with E-state index >= 15 is 0 Å². The molecule has 0 aliphatic rings. The number of aryl methyl sites for hydroxylation is 1. The molecule has 0 fully saturated rings. The zero-order valence-electron chi connectivity index (χ0n) is 8.79. The van der Waals surface area contributed by atoms with Gasteiger partial charge in [-0.25, -0.2) is 4.39 Å². The van der Waals surface area contributed by atoms with Gasteiger partial charge in [0.1, 0.15) is 5.82 Å². The molecule has 5 nitrogen and oxygen atoms in total. The summed E-state index contributed by atoms with van der Waals surface area (Å²) >= 11 is 3.06. The minimum atomic E-state index is -0.402. The fourth-order valence-electron chi connectivity index (χ4n) is 1.28. The SMILES string of the molecule is Cc1cc(F)c(Br)cc1NC(=O)c1cn[nH]n1. The van der Waals surface area contributed by atoms with Gasteiger partial charge in [-0.05, 0) is 40.5 Å². The number of halogens is 2. The first-order chi connectivity index (χ1) is 8.08. The lowest BCUT2D eigenvalue weighted by Crippen LogP contribution is -2.13. The summed E-state index contributed by atoms with van der Waals surface area (Å²) in [6.07, 6.45) is 1.31. The highest BCUT2D eigenvalue weighted by Crippen LogP contribution is 2.24. The maximum atomic E-state index is 13.2. The second kappa shape index (κ2) is 4.62. The van der Waals surface area contributed by atoms with Gasteiger partial charge in [0.05, 0.1) is 10.7 Å². The van der Waals surface area contributed by atoms with Crippen LogP contribution in [-0.4, -0.2) is 21.3 Å². The van der Waals surface area contributed by atoms with Crippen molar-refractivity contribution in [1.29, 1.82) is 0 Å². The first-order valence-electron chi connectivity index (χ1n) is 4.70. The quantitative estimate of drug-likeness (QED) is 0.893. The van der Waals surface area contributed by atoms with Gasteiger partial charge in [0.2, 0.25) is 0 Å². The van der Waals surface area contributed by atoms with E-state index in [0.717, 1.165) is 0 Å². The van der Waals surface area contributed by atoms with E-state index in [-0.39, 0.29) is 11.5 Å². The van der Waals surface area contributed by atoms with Gasteiger partial charge < -0.3 is 5.32 Å². The number of amides is 1. The maximum Gasteiger partial charge on any atom is 0.277 e. The molecular formula is C10H8BrFN4O. The summed E-state index contributed by atoms with van der Waals surface area (Å²) in [5, 5.41) is 12.1. The van der Waals surface area contributed by atoms with Crippen molar-refractivity contribution in [3.05, 3.63) is 39.9 Å². The molecule has 0 aliphatic heterocycles. The number of carbonyl (C=O) groups excluding carboxylic acids is 1. The van der Waals surface area contributed by atoms with Gasteiger partial charge in [0.15, 0.2) is 5.69 Å². The van der Waals surface area contributed by atoms with Crippen LogP contribution in [0.5, 0.6) is 0 Å². The first-order valence-corrected chi connectivity index (χ1v) is 5.50. The molecule has 1 amide bonds. The van der Waals surface area contributed by atoms with Crippen LogP contribution in [0, 0.1) is 12.7 Å². The average Bonchev–Trinajstić information content (AvgIpc) is 2.79. The van der Waals surface area contributed by atoms with Crippen molar-refractivity contribution in [1.82, 2.24) is 15.4 Å². The number of aromatic amines is 1. The molecule has 88 valence electrons. The summed E-state index contributed by atoms with van der Waals surface area (Å²) in [5.74, 6) is -0.776. The molecule has 0 spiro atoms. The van der Waals surface area contributed by atoms with Crippen LogP contribution in [0.25, 0.3) is 0 Å². The number of carbonyl (C=O) groups is 1. The molecule has 2 aromatic rings. The summed E-state index contributed by atoms with van der Waals surface area (Å²) < 4.78 is 13.5. The Labute approximate surface area is 105 Å². The van der Waals surface area contributed by atoms with Crippen LogP contribution in [0.1, 0.15) is 16.1 Å². The topological polar surface area (TPSA) is 70.7 Å². The standard InChI is InChI=1S/C10H8BrFN4O/c1-5-2-7(12)6(11)3-8(5)14-10(17)9-4-13-16-15-9/h2-4H,1H3,(H,14,17)(H,13,15,16). The summed E-state index contributed by atoms with van der Waals surface area (Å²) in [6, 6.07) is 2.84. The number of rotatable bonds is 2. The Morgan fingerprint density at radius 3 is 2.94 bits per heavy atom. The molecule has 1 aromatic carbocycles. The molecule has 0 saturated heterocycles.